The number of carbonyl (C=O) groups excluding carboxylic acids is 1. The first-order valence-electron chi connectivity index (χ1n) is 10.1. The number of benzene rings is 1. The third kappa shape index (κ3) is 7.80. The highest BCUT2D eigenvalue weighted by atomic mass is 32.2. The molecule has 1 aromatic heterocycles. The predicted octanol–water partition coefficient (Wildman–Crippen LogP) is 1.69. The fraction of sp³-hybridized carbons (Fsp3) is 0.476. The van der Waals surface area contributed by atoms with Crippen molar-refractivity contribution in [3.05, 3.63) is 48.0 Å². The van der Waals surface area contributed by atoms with Crippen LogP contribution in [-0.2, 0) is 27.8 Å². The minimum absolute atomic E-state index is 0.0745. The molecule has 0 bridgehead atoms. The van der Waals surface area contributed by atoms with E-state index in [0.29, 0.717) is 31.1 Å². The predicted molar refractivity (Wildman–Crippen MR) is 117 cm³/mol. The summed E-state index contributed by atoms with van der Waals surface area (Å²) in [6.07, 6.45) is 3.67. The van der Waals surface area contributed by atoms with Crippen LogP contribution < -0.4 is 19.5 Å². The van der Waals surface area contributed by atoms with Gasteiger partial charge in [-0.05, 0) is 43.0 Å². The summed E-state index contributed by atoms with van der Waals surface area (Å²) in [6, 6.07) is 6.51. The number of aromatic nitrogens is 2. The average molecular weight is 451 g/mol. The molecule has 0 saturated heterocycles. The van der Waals surface area contributed by atoms with E-state index >= 15 is 0 Å². The minimum atomic E-state index is -3.47. The van der Waals surface area contributed by atoms with Gasteiger partial charge in [-0.3, -0.25) is 4.79 Å². The molecule has 0 aliphatic heterocycles. The van der Waals surface area contributed by atoms with Gasteiger partial charge in [-0.25, -0.2) is 23.1 Å². The van der Waals surface area contributed by atoms with E-state index in [1.807, 2.05) is 18.2 Å². The minimum Gasteiger partial charge on any atom is -0.493 e. The van der Waals surface area contributed by atoms with Gasteiger partial charge in [0.25, 0.3) is 0 Å². The van der Waals surface area contributed by atoms with Crippen molar-refractivity contribution in [3.8, 4) is 11.5 Å². The van der Waals surface area contributed by atoms with Crippen molar-refractivity contribution in [1.82, 2.24) is 20.0 Å². The Morgan fingerprint density at radius 2 is 1.97 bits per heavy atom. The Balaban J connectivity index is 1.93. The summed E-state index contributed by atoms with van der Waals surface area (Å²) in [5.41, 5.74) is 1.70. The molecule has 0 aliphatic rings. The molecule has 2 rings (SSSR count). The zero-order valence-corrected chi connectivity index (χ0v) is 19.1. The summed E-state index contributed by atoms with van der Waals surface area (Å²) in [4.78, 5) is 20.5. The molecular weight excluding hydrogens is 420 g/mol. The van der Waals surface area contributed by atoms with Gasteiger partial charge >= 0.3 is 0 Å². The van der Waals surface area contributed by atoms with Crippen molar-refractivity contribution < 1.29 is 22.7 Å². The number of hydrogen-bond donors (Lipinski definition) is 2. The number of rotatable bonds is 12. The highest BCUT2D eigenvalue weighted by molar-refractivity contribution is 7.89. The van der Waals surface area contributed by atoms with Crippen molar-refractivity contribution in [2.24, 2.45) is 5.92 Å². The second-order valence-corrected chi connectivity index (χ2v) is 9.30. The van der Waals surface area contributed by atoms with Crippen LogP contribution in [0.5, 0.6) is 11.5 Å². The Kier molecular flexibility index (Phi) is 9.20. The Morgan fingerprint density at radius 3 is 2.58 bits per heavy atom. The van der Waals surface area contributed by atoms with Gasteiger partial charge in [0.1, 0.15) is 19.0 Å². The molecular formula is C21H30N4O5S. The molecule has 1 amide bonds. The summed E-state index contributed by atoms with van der Waals surface area (Å²) in [5.74, 6) is 0.572. The van der Waals surface area contributed by atoms with Gasteiger partial charge in [0.05, 0.1) is 18.6 Å². The quantitative estimate of drug-likeness (QED) is 0.505. The summed E-state index contributed by atoms with van der Waals surface area (Å²) >= 11 is 0. The van der Waals surface area contributed by atoms with Crippen molar-refractivity contribution >= 4 is 15.9 Å². The first-order chi connectivity index (χ1) is 14.8. The third-order valence-corrected chi connectivity index (χ3v) is 5.97. The van der Waals surface area contributed by atoms with E-state index in [1.54, 1.807) is 33.2 Å². The maximum Gasteiger partial charge on any atom is 0.238 e. The third-order valence-electron chi connectivity index (χ3n) is 4.60. The number of sulfonamides is 1. The van der Waals surface area contributed by atoms with Crippen molar-refractivity contribution in [3.63, 3.8) is 0 Å². The van der Waals surface area contributed by atoms with Gasteiger partial charge in [-0.2, -0.15) is 0 Å². The van der Waals surface area contributed by atoms with Crippen LogP contribution in [0.2, 0.25) is 0 Å². The van der Waals surface area contributed by atoms with E-state index in [9.17, 15) is 13.2 Å². The van der Waals surface area contributed by atoms with Crippen LogP contribution in [-0.4, -0.2) is 49.7 Å². The van der Waals surface area contributed by atoms with E-state index in [1.165, 1.54) is 13.3 Å². The lowest BCUT2D eigenvalue weighted by molar-refractivity contribution is -0.123. The molecule has 2 aromatic rings. The standard InChI is InChI=1S/C21H30N4O5S/c1-5-31(27,28)25-20(15(2)3)21(26)23-11-8-16-6-7-18(19(12-16)29-4)30-13-17-9-10-22-14-24-17/h6-7,9-10,12,14-15,20,25H,5,8,11,13H2,1-4H3,(H,23,26)/t20-/m0/s1. The normalized spacial score (nSPS) is 12.4. The zero-order valence-electron chi connectivity index (χ0n) is 18.3. The highest BCUT2D eigenvalue weighted by Gasteiger charge is 2.26. The number of nitrogens with zero attached hydrogens (tertiary/aromatic N) is 2. The summed E-state index contributed by atoms with van der Waals surface area (Å²) in [6.45, 7) is 5.78. The summed E-state index contributed by atoms with van der Waals surface area (Å²) < 4.78 is 37.3. The lowest BCUT2D eigenvalue weighted by Gasteiger charge is -2.21. The van der Waals surface area contributed by atoms with Crippen molar-refractivity contribution in [2.45, 2.75) is 39.8 Å². The molecule has 1 atom stereocenters. The van der Waals surface area contributed by atoms with E-state index in [2.05, 4.69) is 20.0 Å². The number of carbonyl (C=O) groups is 1. The van der Waals surface area contributed by atoms with Crippen molar-refractivity contribution in [1.29, 1.82) is 0 Å². The summed E-state index contributed by atoms with van der Waals surface area (Å²) in [5, 5.41) is 2.81. The molecule has 10 heteroatoms. The Hall–Kier alpha value is -2.72. The maximum atomic E-state index is 12.5. The smallest absolute Gasteiger partial charge is 0.238 e. The monoisotopic (exact) mass is 450 g/mol. The molecule has 9 nitrogen and oxygen atoms in total. The lowest BCUT2D eigenvalue weighted by Crippen LogP contribution is -2.50. The van der Waals surface area contributed by atoms with Crippen LogP contribution in [0.25, 0.3) is 0 Å². The first-order valence-corrected chi connectivity index (χ1v) is 11.7. The van der Waals surface area contributed by atoms with Gasteiger partial charge < -0.3 is 14.8 Å². The molecule has 0 aliphatic carbocycles. The van der Waals surface area contributed by atoms with Gasteiger partial charge in [-0.15, -0.1) is 0 Å². The van der Waals surface area contributed by atoms with Crippen LogP contribution in [0, 0.1) is 5.92 Å². The molecule has 0 saturated carbocycles. The van der Waals surface area contributed by atoms with Gasteiger partial charge in [0, 0.05) is 12.7 Å². The molecule has 1 heterocycles. The van der Waals surface area contributed by atoms with Crippen LogP contribution in [0.3, 0.4) is 0 Å². The van der Waals surface area contributed by atoms with Gasteiger partial charge in [0.2, 0.25) is 15.9 Å². The first kappa shape index (κ1) is 24.5. The van der Waals surface area contributed by atoms with Crippen LogP contribution in [0.15, 0.2) is 36.8 Å². The maximum absolute atomic E-state index is 12.5. The second-order valence-electron chi connectivity index (χ2n) is 7.26. The van der Waals surface area contributed by atoms with Gasteiger partial charge in [0.15, 0.2) is 11.5 Å². The number of methoxy groups -OCH3 is 1. The molecule has 170 valence electrons. The van der Waals surface area contributed by atoms with E-state index in [-0.39, 0.29) is 17.6 Å². The van der Waals surface area contributed by atoms with Crippen LogP contribution in [0.1, 0.15) is 32.0 Å². The number of hydrogen-bond acceptors (Lipinski definition) is 7. The van der Waals surface area contributed by atoms with E-state index in [4.69, 9.17) is 9.47 Å². The van der Waals surface area contributed by atoms with Gasteiger partial charge in [-0.1, -0.05) is 19.9 Å². The number of amides is 1. The lowest BCUT2D eigenvalue weighted by atomic mass is 10.0. The largest absolute Gasteiger partial charge is 0.493 e. The molecule has 31 heavy (non-hydrogen) atoms. The highest BCUT2D eigenvalue weighted by Crippen LogP contribution is 2.28. The topological polar surface area (TPSA) is 120 Å². The van der Waals surface area contributed by atoms with Crippen molar-refractivity contribution in [2.75, 3.05) is 19.4 Å². The zero-order chi connectivity index (χ0) is 22.9. The summed E-state index contributed by atoms with van der Waals surface area (Å²) in [7, 11) is -1.91. The fourth-order valence-electron chi connectivity index (χ4n) is 2.75. The molecule has 0 unspecified atom stereocenters. The molecule has 0 radical (unpaired) electrons. The number of ether oxygens (including phenoxy) is 2. The Morgan fingerprint density at radius 1 is 1.19 bits per heavy atom. The fourth-order valence-corrected chi connectivity index (χ4v) is 3.68. The van der Waals surface area contributed by atoms with Crippen LogP contribution in [0.4, 0.5) is 0 Å². The Bertz CT molecular complexity index is 951. The average Bonchev–Trinajstić information content (AvgIpc) is 2.76. The van der Waals surface area contributed by atoms with E-state index < -0.39 is 16.1 Å². The second kappa shape index (κ2) is 11.6. The molecule has 1 aromatic carbocycles. The van der Waals surface area contributed by atoms with E-state index in [0.717, 1.165) is 11.3 Å². The molecule has 0 fully saturated rings. The van der Waals surface area contributed by atoms with Crippen LogP contribution >= 0.6 is 0 Å². The molecule has 0 spiro atoms. The number of nitrogens with one attached hydrogen (secondary N) is 2. The Labute approximate surface area is 183 Å². The molecule has 2 N–H and O–H groups in total. The SMILES string of the molecule is CCS(=O)(=O)N[C@H](C(=O)NCCc1ccc(OCc2ccncn2)c(OC)c1)C(C)C.